The molecule has 0 amide bonds. The molecule has 0 saturated heterocycles. The summed E-state index contributed by atoms with van der Waals surface area (Å²) >= 11 is 0. The highest BCUT2D eigenvalue weighted by Crippen LogP contribution is 2.22. The largest absolute Gasteiger partial charge is 0.439 e. The molecule has 0 aliphatic heterocycles. The van der Waals surface area contributed by atoms with Gasteiger partial charge in [-0.25, -0.2) is 14.2 Å². The van der Waals surface area contributed by atoms with E-state index in [1.165, 1.54) is 4.68 Å². The topological polar surface area (TPSA) is 85.0 Å². The average molecular weight is 365 g/mol. The number of fused-ring (bicyclic) bond motifs is 1. The molecule has 2 N–H and O–H groups in total. The van der Waals surface area contributed by atoms with Crippen molar-refractivity contribution < 1.29 is 8.81 Å². The lowest BCUT2D eigenvalue weighted by molar-refractivity contribution is 0.532. The van der Waals surface area contributed by atoms with Crippen molar-refractivity contribution in [3.8, 4) is 0 Å². The van der Waals surface area contributed by atoms with Crippen LogP contribution in [0.4, 0.5) is 21.8 Å². The van der Waals surface area contributed by atoms with E-state index in [4.69, 9.17) is 4.42 Å². The number of aromatic nitrogens is 3. The van der Waals surface area contributed by atoms with Crippen LogP contribution in [0.25, 0.3) is 11.1 Å². The summed E-state index contributed by atoms with van der Waals surface area (Å²) in [5.74, 6) is -0.329. The zero-order valence-corrected chi connectivity index (χ0v) is 14.7. The minimum absolute atomic E-state index is 0.202. The molecule has 0 saturated carbocycles. The van der Waals surface area contributed by atoms with Crippen LogP contribution in [0.5, 0.6) is 0 Å². The van der Waals surface area contributed by atoms with E-state index in [9.17, 15) is 9.18 Å². The van der Waals surface area contributed by atoms with E-state index in [0.717, 1.165) is 0 Å². The molecule has 4 aromatic rings. The van der Waals surface area contributed by atoms with Crippen LogP contribution < -0.4 is 16.5 Å². The zero-order chi connectivity index (χ0) is 19.0. The van der Waals surface area contributed by atoms with Gasteiger partial charge in [0, 0.05) is 11.8 Å². The Balaban J connectivity index is 1.69. The predicted molar refractivity (Wildman–Crippen MR) is 101 cm³/mol. The maximum absolute atomic E-state index is 14.2. The van der Waals surface area contributed by atoms with Crippen LogP contribution in [0.1, 0.15) is 11.1 Å². The lowest BCUT2D eigenvalue weighted by Crippen LogP contribution is -2.23. The quantitative estimate of drug-likeness (QED) is 0.573. The smallest absolute Gasteiger partial charge is 0.406 e. The van der Waals surface area contributed by atoms with E-state index in [2.05, 4.69) is 20.7 Å². The number of nitrogens with one attached hydrogen (secondary N) is 2. The van der Waals surface area contributed by atoms with Gasteiger partial charge in [0.05, 0.1) is 5.69 Å². The first kappa shape index (κ1) is 16.8. The molecule has 27 heavy (non-hydrogen) atoms. The first-order valence-corrected chi connectivity index (χ1v) is 8.26. The fourth-order valence-corrected chi connectivity index (χ4v) is 2.66. The maximum atomic E-state index is 14.2. The van der Waals surface area contributed by atoms with Crippen LogP contribution >= 0.6 is 0 Å². The summed E-state index contributed by atoms with van der Waals surface area (Å²) in [5.41, 5.74) is 5.48. The van der Waals surface area contributed by atoms with Gasteiger partial charge >= 0.3 is 5.76 Å². The first-order valence-electron chi connectivity index (χ1n) is 8.26. The minimum atomic E-state index is -0.562. The number of para-hydroxylation sites is 2. The Morgan fingerprint density at radius 3 is 2.74 bits per heavy atom. The Kier molecular flexibility index (Phi) is 4.08. The van der Waals surface area contributed by atoms with Crippen LogP contribution in [0, 0.1) is 19.7 Å². The molecule has 2 aromatic heterocycles. The highest BCUT2D eigenvalue weighted by molar-refractivity contribution is 5.73. The fourth-order valence-electron chi connectivity index (χ4n) is 2.66. The lowest BCUT2D eigenvalue weighted by atomic mass is 10.2. The third-order valence-corrected chi connectivity index (χ3v) is 4.11. The third-order valence-electron chi connectivity index (χ3n) is 4.11. The molecule has 136 valence electrons. The second-order valence-electron chi connectivity index (χ2n) is 6.07. The monoisotopic (exact) mass is 365 g/mol. The number of hydrogen-bond acceptors (Lipinski definition) is 6. The van der Waals surface area contributed by atoms with Crippen molar-refractivity contribution in [2.45, 2.75) is 13.8 Å². The Morgan fingerprint density at radius 1 is 1.07 bits per heavy atom. The SMILES string of the molecule is Cc1cnc(Nc2cccc(C)c2F)nc1Nn1c(=O)oc2ccccc21. The molecule has 7 nitrogen and oxygen atoms in total. The number of halogens is 1. The number of aryl methyl sites for hydroxylation is 2. The molecule has 0 unspecified atom stereocenters. The maximum Gasteiger partial charge on any atom is 0.439 e. The molecule has 0 fully saturated rings. The van der Waals surface area contributed by atoms with Gasteiger partial charge in [-0.2, -0.15) is 9.66 Å². The lowest BCUT2D eigenvalue weighted by Gasteiger charge is -2.12. The summed E-state index contributed by atoms with van der Waals surface area (Å²) in [7, 11) is 0. The minimum Gasteiger partial charge on any atom is -0.406 e. The van der Waals surface area contributed by atoms with E-state index in [0.29, 0.717) is 28.0 Å². The number of nitrogens with zero attached hydrogens (tertiary/aromatic N) is 3. The van der Waals surface area contributed by atoms with Gasteiger partial charge in [-0.3, -0.25) is 5.43 Å². The first-order chi connectivity index (χ1) is 13.0. The van der Waals surface area contributed by atoms with Crippen molar-refractivity contribution in [3.63, 3.8) is 0 Å². The number of benzene rings is 2. The van der Waals surface area contributed by atoms with Gasteiger partial charge in [0.2, 0.25) is 5.95 Å². The molecule has 0 aliphatic carbocycles. The standard InChI is InChI=1S/C19H16FN5O2/c1-11-6-5-7-13(16(11)20)22-18-21-10-12(2)17(23-18)24-25-14-8-3-4-9-15(14)27-19(25)26/h3-10H,1-2H3,(H2,21,22,23,24). The summed E-state index contributed by atoms with van der Waals surface area (Å²) in [4.78, 5) is 20.7. The van der Waals surface area contributed by atoms with Crippen molar-refractivity contribution in [2.24, 2.45) is 0 Å². The molecule has 8 heteroatoms. The Hall–Kier alpha value is -3.68. The summed E-state index contributed by atoms with van der Waals surface area (Å²) in [6.45, 7) is 3.48. The Labute approximate surface area is 153 Å². The molecule has 0 spiro atoms. The van der Waals surface area contributed by atoms with E-state index in [1.54, 1.807) is 62.5 Å². The van der Waals surface area contributed by atoms with E-state index in [1.807, 2.05) is 0 Å². The molecule has 0 bridgehead atoms. The molecule has 4 rings (SSSR count). The van der Waals surface area contributed by atoms with Crippen molar-refractivity contribution in [2.75, 3.05) is 10.7 Å². The normalized spacial score (nSPS) is 10.9. The van der Waals surface area contributed by atoms with Gasteiger partial charge in [0.25, 0.3) is 0 Å². The predicted octanol–water partition coefficient (Wildman–Crippen LogP) is 3.76. The third kappa shape index (κ3) is 3.12. The fraction of sp³-hybridized carbons (Fsp3) is 0.105. The summed E-state index contributed by atoms with van der Waals surface area (Å²) in [5, 5.41) is 2.86. The number of oxazole rings is 1. The number of anilines is 3. The van der Waals surface area contributed by atoms with Crippen LogP contribution in [0.15, 0.2) is 57.9 Å². The Morgan fingerprint density at radius 2 is 1.89 bits per heavy atom. The van der Waals surface area contributed by atoms with Gasteiger partial charge in [-0.05, 0) is 37.6 Å². The highest BCUT2D eigenvalue weighted by atomic mass is 19.1. The second-order valence-corrected chi connectivity index (χ2v) is 6.07. The van der Waals surface area contributed by atoms with Crippen LogP contribution in [-0.4, -0.2) is 14.6 Å². The molecule has 0 aliphatic rings. The number of hydrogen-bond donors (Lipinski definition) is 2. The van der Waals surface area contributed by atoms with E-state index >= 15 is 0 Å². The van der Waals surface area contributed by atoms with Crippen LogP contribution in [0.2, 0.25) is 0 Å². The molecule has 0 atom stereocenters. The number of rotatable bonds is 4. The van der Waals surface area contributed by atoms with Crippen LogP contribution in [0.3, 0.4) is 0 Å². The molecule has 2 heterocycles. The molecule has 0 radical (unpaired) electrons. The molecular formula is C19H16FN5O2. The van der Waals surface area contributed by atoms with Gasteiger partial charge < -0.3 is 9.73 Å². The van der Waals surface area contributed by atoms with E-state index < -0.39 is 5.76 Å². The average Bonchev–Trinajstić information content (AvgIpc) is 2.97. The zero-order valence-electron chi connectivity index (χ0n) is 14.7. The van der Waals surface area contributed by atoms with Gasteiger partial charge in [-0.1, -0.05) is 24.3 Å². The second kappa shape index (κ2) is 6.56. The summed E-state index contributed by atoms with van der Waals surface area (Å²) in [6.07, 6.45) is 1.58. The Bertz CT molecular complexity index is 1200. The molecular weight excluding hydrogens is 349 g/mol. The van der Waals surface area contributed by atoms with Crippen molar-refractivity contribution in [1.82, 2.24) is 14.6 Å². The van der Waals surface area contributed by atoms with Gasteiger partial charge in [0.1, 0.15) is 11.3 Å². The summed E-state index contributed by atoms with van der Waals surface area (Å²) in [6, 6.07) is 12.1. The van der Waals surface area contributed by atoms with Crippen molar-refractivity contribution in [1.29, 1.82) is 0 Å². The van der Waals surface area contributed by atoms with Crippen molar-refractivity contribution >= 4 is 28.6 Å². The molecule has 2 aromatic carbocycles. The summed E-state index contributed by atoms with van der Waals surface area (Å²) < 4.78 is 20.7. The van der Waals surface area contributed by atoms with Crippen LogP contribution in [-0.2, 0) is 0 Å². The van der Waals surface area contributed by atoms with Gasteiger partial charge in [-0.15, -0.1) is 0 Å². The highest BCUT2D eigenvalue weighted by Gasteiger charge is 2.12. The van der Waals surface area contributed by atoms with E-state index in [-0.39, 0.29) is 17.5 Å². The van der Waals surface area contributed by atoms with Gasteiger partial charge in [0.15, 0.2) is 11.4 Å². The van der Waals surface area contributed by atoms with Crippen molar-refractivity contribution in [3.05, 3.63) is 76.2 Å².